The number of nitrogens with two attached hydrogens (primary N) is 1. The first-order valence-corrected chi connectivity index (χ1v) is 5.71. The van der Waals surface area contributed by atoms with Gasteiger partial charge >= 0.3 is 0 Å². The Bertz CT molecular complexity index is 396. The van der Waals surface area contributed by atoms with E-state index in [-0.39, 0.29) is 0 Å². The van der Waals surface area contributed by atoms with Gasteiger partial charge in [0.1, 0.15) is 24.1 Å². The first-order valence-electron chi connectivity index (χ1n) is 5.71. The van der Waals surface area contributed by atoms with Crippen LogP contribution >= 0.6 is 0 Å². The van der Waals surface area contributed by atoms with Gasteiger partial charge in [0.15, 0.2) is 0 Å². The molecule has 100 valence electrons. The zero-order valence-electron chi connectivity index (χ0n) is 9.93. The molecule has 0 unspecified atom stereocenters. The standard InChI is InChI=1S/C12H17NO5/c1-6-9(14)10(15)11(16)12(17-6)18-8-4-2-7(13)3-5-8/h2-6,9-12,14-16H,13H2,1H3/t6-,9+,10+,11-,12+/m1/s1. The SMILES string of the molecule is C[C@H]1O[C@@H](Oc2ccc(N)cc2)[C@H](O)[C@@H](O)[C@H]1O. The Morgan fingerprint density at radius 3 is 2.28 bits per heavy atom. The fourth-order valence-electron chi connectivity index (χ4n) is 1.79. The average Bonchev–Trinajstić information content (AvgIpc) is 2.36. The predicted molar refractivity (Wildman–Crippen MR) is 63.8 cm³/mol. The summed E-state index contributed by atoms with van der Waals surface area (Å²) in [5.41, 5.74) is 6.13. The van der Waals surface area contributed by atoms with E-state index in [1.54, 1.807) is 31.2 Å². The summed E-state index contributed by atoms with van der Waals surface area (Å²) >= 11 is 0. The maximum atomic E-state index is 9.76. The van der Waals surface area contributed by atoms with Gasteiger partial charge in [-0.1, -0.05) is 0 Å². The number of ether oxygens (including phenoxy) is 2. The minimum atomic E-state index is -1.31. The van der Waals surface area contributed by atoms with E-state index >= 15 is 0 Å². The van der Waals surface area contributed by atoms with E-state index in [0.717, 1.165) is 0 Å². The van der Waals surface area contributed by atoms with E-state index in [2.05, 4.69) is 0 Å². The van der Waals surface area contributed by atoms with Crippen molar-refractivity contribution in [2.24, 2.45) is 0 Å². The van der Waals surface area contributed by atoms with Crippen molar-refractivity contribution in [2.45, 2.75) is 37.6 Å². The van der Waals surface area contributed by atoms with E-state index in [1.807, 2.05) is 0 Å². The highest BCUT2D eigenvalue weighted by Crippen LogP contribution is 2.24. The fourth-order valence-corrected chi connectivity index (χ4v) is 1.79. The van der Waals surface area contributed by atoms with Crippen molar-refractivity contribution >= 4 is 5.69 Å². The molecule has 6 nitrogen and oxygen atoms in total. The summed E-state index contributed by atoms with van der Waals surface area (Å²) in [6.07, 6.45) is -5.39. The molecule has 18 heavy (non-hydrogen) atoms. The van der Waals surface area contributed by atoms with Crippen LogP contribution < -0.4 is 10.5 Å². The van der Waals surface area contributed by atoms with Crippen molar-refractivity contribution in [3.8, 4) is 5.75 Å². The number of anilines is 1. The first kappa shape index (κ1) is 13.1. The van der Waals surface area contributed by atoms with Crippen LogP contribution in [0, 0.1) is 0 Å². The van der Waals surface area contributed by atoms with E-state index in [9.17, 15) is 15.3 Å². The number of aliphatic hydroxyl groups excluding tert-OH is 3. The van der Waals surface area contributed by atoms with Crippen LogP contribution in [-0.2, 0) is 4.74 Å². The van der Waals surface area contributed by atoms with Crippen LogP contribution in [0.15, 0.2) is 24.3 Å². The Morgan fingerprint density at radius 1 is 1.06 bits per heavy atom. The van der Waals surface area contributed by atoms with Crippen molar-refractivity contribution in [2.75, 3.05) is 5.73 Å². The van der Waals surface area contributed by atoms with Crippen LogP contribution in [0.2, 0.25) is 0 Å². The Hall–Kier alpha value is -1.34. The molecule has 1 aliphatic heterocycles. The summed E-state index contributed by atoms with van der Waals surface area (Å²) in [5.74, 6) is 0.462. The lowest BCUT2D eigenvalue weighted by Crippen LogP contribution is -2.58. The van der Waals surface area contributed by atoms with Crippen molar-refractivity contribution in [1.29, 1.82) is 0 Å². The minimum Gasteiger partial charge on any atom is -0.462 e. The van der Waals surface area contributed by atoms with Crippen molar-refractivity contribution in [1.82, 2.24) is 0 Å². The zero-order chi connectivity index (χ0) is 13.3. The molecule has 6 heteroatoms. The summed E-state index contributed by atoms with van der Waals surface area (Å²) in [6.45, 7) is 1.60. The quantitative estimate of drug-likeness (QED) is 0.530. The number of rotatable bonds is 2. The van der Waals surface area contributed by atoms with Crippen LogP contribution in [0.5, 0.6) is 5.75 Å². The Morgan fingerprint density at radius 2 is 1.67 bits per heavy atom. The zero-order valence-corrected chi connectivity index (χ0v) is 9.93. The maximum Gasteiger partial charge on any atom is 0.229 e. The van der Waals surface area contributed by atoms with Crippen LogP contribution in [0.25, 0.3) is 0 Å². The molecule has 0 aromatic heterocycles. The number of nitrogen functional groups attached to an aromatic ring is 1. The van der Waals surface area contributed by atoms with Crippen LogP contribution in [0.1, 0.15) is 6.92 Å². The Balaban J connectivity index is 2.06. The number of hydrogen-bond donors (Lipinski definition) is 4. The topological polar surface area (TPSA) is 105 Å². The molecule has 5 atom stereocenters. The first-order chi connectivity index (χ1) is 8.49. The summed E-state index contributed by atoms with van der Waals surface area (Å²) in [4.78, 5) is 0. The van der Waals surface area contributed by atoms with Gasteiger partial charge in [-0.05, 0) is 31.2 Å². The highest BCUT2D eigenvalue weighted by atomic mass is 16.7. The third-order valence-electron chi connectivity index (χ3n) is 2.94. The summed E-state index contributed by atoms with van der Waals surface area (Å²) in [5, 5.41) is 28.9. The van der Waals surface area contributed by atoms with Crippen molar-refractivity contribution < 1.29 is 24.8 Å². The van der Waals surface area contributed by atoms with E-state index in [0.29, 0.717) is 11.4 Å². The number of benzene rings is 1. The molecular formula is C12H17NO5. The lowest BCUT2D eigenvalue weighted by molar-refractivity contribution is -0.268. The van der Waals surface area contributed by atoms with E-state index < -0.39 is 30.7 Å². The van der Waals surface area contributed by atoms with Gasteiger partial charge in [0.25, 0.3) is 0 Å². The van der Waals surface area contributed by atoms with Crippen molar-refractivity contribution in [3.05, 3.63) is 24.3 Å². The third-order valence-corrected chi connectivity index (χ3v) is 2.94. The fraction of sp³-hybridized carbons (Fsp3) is 0.500. The smallest absolute Gasteiger partial charge is 0.229 e. The highest BCUT2D eigenvalue weighted by molar-refractivity contribution is 5.41. The van der Waals surface area contributed by atoms with Crippen LogP contribution in [-0.4, -0.2) is 46.0 Å². The maximum absolute atomic E-state index is 9.76. The van der Waals surface area contributed by atoms with Crippen LogP contribution in [0.3, 0.4) is 0 Å². The average molecular weight is 255 g/mol. The second kappa shape index (κ2) is 5.11. The predicted octanol–water partition coefficient (Wildman–Crippen LogP) is -0.525. The molecular weight excluding hydrogens is 238 g/mol. The summed E-state index contributed by atoms with van der Waals surface area (Å²) in [6, 6.07) is 6.57. The van der Waals surface area contributed by atoms with Gasteiger partial charge in [-0.15, -0.1) is 0 Å². The Kier molecular flexibility index (Phi) is 3.72. The van der Waals surface area contributed by atoms with Gasteiger partial charge in [-0.3, -0.25) is 0 Å². The van der Waals surface area contributed by atoms with Gasteiger partial charge in [-0.2, -0.15) is 0 Å². The highest BCUT2D eigenvalue weighted by Gasteiger charge is 2.43. The van der Waals surface area contributed by atoms with Crippen molar-refractivity contribution in [3.63, 3.8) is 0 Å². The molecule has 0 saturated carbocycles. The molecule has 0 bridgehead atoms. The molecule has 1 saturated heterocycles. The second-order valence-corrected chi connectivity index (χ2v) is 4.37. The molecule has 0 spiro atoms. The number of hydrogen-bond acceptors (Lipinski definition) is 6. The minimum absolute atomic E-state index is 0.462. The van der Waals surface area contributed by atoms with Gasteiger partial charge in [-0.25, -0.2) is 0 Å². The summed E-state index contributed by atoms with van der Waals surface area (Å²) < 4.78 is 10.7. The lowest BCUT2D eigenvalue weighted by Gasteiger charge is -2.38. The molecule has 1 aromatic rings. The second-order valence-electron chi connectivity index (χ2n) is 4.37. The third kappa shape index (κ3) is 2.56. The molecule has 1 aromatic carbocycles. The monoisotopic (exact) mass is 255 g/mol. The Labute approximate surface area is 105 Å². The van der Waals surface area contributed by atoms with E-state index in [1.165, 1.54) is 0 Å². The largest absolute Gasteiger partial charge is 0.462 e. The van der Waals surface area contributed by atoms with Gasteiger partial charge < -0.3 is 30.5 Å². The molecule has 0 aliphatic carbocycles. The van der Waals surface area contributed by atoms with Gasteiger partial charge in [0, 0.05) is 5.69 Å². The molecule has 2 rings (SSSR count). The molecule has 5 N–H and O–H groups in total. The molecule has 1 aliphatic rings. The molecule has 1 heterocycles. The molecule has 0 amide bonds. The lowest BCUT2D eigenvalue weighted by atomic mass is 10.00. The molecule has 0 radical (unpaired) electrons. The van der Waals surface area contributed by atoms with Gasteiger partial charge in [0.05, 0.1) is 6.10 Å². The normalized spacial score (nSPS) is 36.3. The van der Waals surface area contributed by atoms with Crippen LogP contribution in [0.4, 0.5) is 5.69 Å². The number of aliphatic hydroxyl groups is 3. The van der Waals surface area contributed by atoms with Gasteiger partial charge in [0.2, 0.25) is 6.29 Å². The molecule has 1 fully saturated rings. The summed E-state index contributed by atoms with van der Waals surface area (Å²) in [7, 11) is 0. The van der Waals surface area contributed by atoms with E-state index in [4.69, 9.17) is 15.2 Å².